The van der Waals surface area contributed by atoms with Crippen LogP contribution in [0, 0.1) is 0 Å². The number of benzene rings is 5. The zero-order valence-corrected chi connectivity index (χ0v) is 24.7. The Morgan fingerprint density at radius 1 is 0.610 bits per heavy atom. The highest BCUT2D eigenvalue weighted by Crippen LogP contribution is 2.54. The monoisotopic (exact) mass is 533 g/mol. The first-order chi connectivity index (χ1) is 19.9. The summed E-state index contributed by atoms with van der Waals surface area (Å²) < 4.78 is 0. The maximum absolute atomic E-state index is 2.55. The van der Waals surface area contributed by atoms with Crippen molar-refractivity contribution in [3.8, 4) is 22.3 Å². The van der Waals surface area contributed by atoms with Gasteiger partial charge in [-0.05, 0) is 113 Å². The van der Waals surface area contributed by atoms with Gasteiger partial charge in [0.15, 0.2) is 0 Å². The summed E-state index contributed by atoms with van der Waals surface area (Å²) in [6.45, 7) is 9.48. The predicted molar refractivity (Wildman–Crippen MR) is 175 cm³/mol. The van der Waals surface area contributed by atoms with Crippen LogP contribution in [-0.4, -0.2) is 0 Å². The molecule has 0 spiro atoms. The molecule has 41 heavy (non-hydrogen) atoms. The standard InChI is InChI=1S/C40H39N/c1-27(2)31-24-23-28-15-11-12-20-32(28)39(31)35-25-34-33-21-13-14-22-36(33)40(3,4)37(34)26-38(35)41(29-16-7-5-8-17-29)30-18-9-6-10-19-30/h5-10,13-14,16-19,21-27H,11-12,15,20H2,1-4H3. The Kier molecular flexibility index (Phi) is 6.35. The van der Waals surface area contributed by atoms with Crippen LogP contribution in [0.5, 0.6) is 0 Å². The van der Waals surface area contributed by atoms with Crippen molar-refractivity contribution < 1.29 is 0 Å². The van der Waals surface area contributed by atoms with Gasteiger partial charge in [-0.3, -0.25) is 0 Å². The van der Waals surface area contributed by atoms with Gasteiger partial charge >= 0.3 is 0 Å². The molecule has 0 aromatic heterocycles. The second-order valence-electron chi connectivity index (χ2n) is 12.6. The zero-order valence-electron chi connectivity index (χ0n) is 24.7. The van der Waals surface area contributed by atoms with Gasteiger partial charge in [0.25, 0.3) is 0 Å². The molecule has 0 radical (unpaired) electrons. The van der Waals surface area contributed by atoms with Gasteiger partial charge in [0, 0.05) is 22.4 Å². The van der Waals surface area contributed by atoms with Crippen LogP contribution in [0.4, 0.5) is 17.1 Å². The average Bonchev–Trinajstić information content (AvgIpc) is 3.23. The quantitative estimate of drug-likeness (QED) is 0.217. The molecule has 5 aromatic carbocycles. The van der Waals surface area contributed by atoms with Gasteiger partial charge in [0.05, 0.1) is 5.69 Å². The minimum atomic E-state index is -0.0742. The molecule has 0 amide bonds. The Morgan fingerprint density at radius 3 is 1.93 bits per heavy atom. The van der Waals surface area contributed by atoms with Crippen LogP contribution in [0.15, 0.2) is 109 Å². The normalized spacial score (nSPS) is 14.9. The Bertz CT molecular complexity index is 1690. The van der Waals surface area contributed by atoms with Crippen LogP contribution in [0.2, 0.25) is 0 Å². The van der Waals surface area contributed by atoms with Gasteiger partial charge < -0.3 is 4.90 Å². The third-order valence-corrected chi connectivity index (χ3v) is 9.43. The molecular weight excluding hydrogens is 494 g/mol. The number of rotatable bonds is 5. The molecular formula is C40H39N. The molecule has 0 aliphatic heterocycles. The molecule has 1 nitrogen and oxygen atoms in total. The van der Waals surface area contributed by atoms with Crippen LogP contribution >= 0.6 is 0 Å². The first-order valence-corrected chi connectivity index (χ1v) is 15.3. The summed E-state index contributed by atoms with van der Waals surface area (Å²) in [5.74, 6) is 0.434. The van der Waals surface area contributed by atoms with Gasteiger partial charge in [-0.1, -0.05) is 100 Å². The highest BCUT2D eigenvalue weighted by atomic mass is 15.1. The SMILES string of the molecule is CC(C)c1ccc2c(c1-c1cc3c(cc1N(c1ccccc1)c1ccccc1)C(C)(C)c1ccccc1-3)CCCC2. The van der Waals surface area contributed by atoms with E-state index in [-0.39, 0.29) is 5.41 Å². The average molecular weight is 534 g/mol. The summed E-state index contributed by atoms with van der Waals surface area (Å²) in [5.41, 5.74) is 16.5. The minimum absolute atomic E-state index is 0.0742. The molecule has 2 aliphatic carbocycles. The summed E-state index contributed by atoms with van der Waals surface area (Å²) >= 11 is 0. The van der Waals surface area contributed by atoms with Gasteiger partial charge in [0.2, 0.25) is 0 Å². The Labute approximate surface area is 245 Å². The minimum Gasteiger partial charge on any atom is -0.310 e. The van der Waals surface area contributed by atoms with E-state index >= 15 is 0 Å². The predicted octanol–water partition coefficient (Wildman–Crippen LogP) is 11.1. The molecule has 0 bridgehead atoms. The van der Waals surface area contributed by atoms with Gasteiger partial charge in [0.1, 0.15) is 0 Å². The van der Waals surface area contributed by atoms with E-state index in [2.05, 4.69) is 142 Å². The first-order valence-electron chi connectivity index (χ1n) is 15.3. The molecule has 5 aromatic rings. The summed E-state index contributed by atoms with van der Waals surface area (Å²) in [7, 11) is 0. The van der Waals surface area contributed by atoms with Crippen LogP contribution in [0.25, 0.3) is 22.3 Å². The third kappa shape index (κ3) is 4.22. The highest BCUT2D eigenvalue weighted by Gasteiger charge is 2.37. The van der Waals surface area contributed by atoms with Gasteiger partial charge in [-0.15, -0.1) is 0 Å². The Balaban J connectivity index is 1.61. The maximum atomic E-state index is 2.55. The van der Waals surface area contributed by atoms with Gasteiger partial charge in [-0.25, -0.2) is 0 Å². The highest BCUT2D eigenvalue weighted by molar-refractivity contribution is 5.96. The van der Waals surface area contributed by atoms with Crippen molar-refractivity contribution in [3.05, 3.63) is 137 Å². The van der Waals surface area contributed by atoms with E-state index < -0.39 is 0 Å². The fraction of sp³-hybridized carbons (Fsp3) is 0.250. The molecule has 0 atom stereocenters. The number of fused-ring (bicyclic) bond motifs is 4. The lowest BCUT2D eigenvalue weighted by Crippen LogP contribution is -2.18. The zero-order chi connectivity index (χ0) is 28.1. The lowest BCUT2D eigenvalue weighted by atomic mass is 9.78. The summed E-state index contributed by atoms with van der Waals surface area (Å²) in [5, 5.41) is 0. The first kappa shape index (κ1) is 25.8. The molecule has 0 heterocycles. The van der Waals surface area contributed by atoms with Crippen LogP contribution in [0.3, 0.4) is 0 Å². The van der Waals surface area contributed by atoms with Crippen molar-refractivity contribution >= 4 is 17.1 Å². The smallest absolute Gasteiger partial charge is 0.0543 e. The fourth-order valence-electron chi connectivity index (χ4n) is 7.35. The van der Waals surface area contributed by atoms with Gasteiger partial charge in [-0.2, -0.15) is 0 Å². The maximum Gasteiger partial charge on any atom is 0.0543 e. The number of para-hydroxylation sites is 2. The van der Waals surface area contributed by atoms with E-state index in [4.69, 9.17) is 0 Å². The second-order valence-corrected chi connectivity index (χ2v) is 12.6. The molecule has 7 rings (SSSR count). The Morgan fingerprint density at radius 2 is 1.24 bits per heavy atom. The van der Waals surface area contributed by atoms with Crippen molar-refractivity contribution in [3.63, 3.8) is 0 Å². The number of nitrogens with zero attached hydrogens (tertiary/aromatic N) is 1. The van der Waals surface area contributed by atoms with Crippen LogP contribution in [0.1, 0.15) is 74.3 Å². The molecule has 2 aliphatic rings. The van der Waals surface area contributed by atoms with E-state index in [1.54, 1.807) is 5.56 Å². The van der Waals surface area contributed by atoms with Crippen molar-refractivity contribution in [2.24, 2.45) is 0 Å². The number of anilines is 3. The molecule has 0 unspecified atom stereocenters. The lowest BCUT2D eigenvalue weighted by Gasteiger charge is -2.32. The van der Waals surface area contributed by atoms with E-state index in [1.165, 1.54) is 80.8 Å². The molecule has 0 saturated carbocycles. The molecule has 204 valence electrons. The summed E-state index contributed by atoms with van der Waals surface area (Å²) in [6, 6.07) is 40.8. The number of hydrogen-bond acceptors (Lipinski definition) is 1. The summed E-state index contributed by atoms with van der Waals surface area (Å²) in [6.07, 6.45) is 4.88. The largest absolute Gasteiger partial charge is 0.310 e. The number of aryl methyl sites for hydroxylation is 1. The number of hydrogen-bond donors (Lipinski definition) is 0. The third-order valence-electron chi connectivity index (χ3n) is 9.43. The van der Waals surface area contributed by atoms with E-state index in [1.807, 2.05) is 0 Å². The van der Waals surface area contributed by atoms with Crippen LogP contribution in [-0.2, 0) is 18.3 Å². The molecule has 0 N–H and O–H groups in total. The van der Waals surface area contributed by atoms with Crippen molar-refractivity contribution in [2.45, 2.75) is 64.7 Å². The van der Waals surface area contributed by atoms with Crippen molar-refractivity contribution in [2.75, 3.05) is 4.90 Å². The van der Waals surface area contributed by atoms with Crippen LogP contribution < -0.4 is 4.90 Å². The molecule has 0 fully saturated rings. The fourth-order valence-corrected chi connectivity index (χ4v) is 7.35. The molecule has 0 saturated heterocycles. The summed E-state index contributed by atoms with van der Waals surface area (Å²) in [4.78, 5) is 2.49. The van der Waals surface area contributed by atoms with E-state index in [0.717, 1.165) is 6.42 Å². The van der Waals surface area contributed by atoms with E-state index in [0.29, 0.717) is 5.92 Å². The topological polar surface area (TPSA) is 3.24 Å². The van der Waals surface area contributed by atoms with Crippen molar-refractivity contribution in [1.82, 2.24) is 0 Å². The Hall–Kier alpha value is -4.10. The lowest BCUT2D eigenvalue weighted by molar-refractivity contribution is 0.660. The van der Waals surface area contributed by atoms with Crippen molar-refractivity contribution in [1.29, 1.82) is 0 Å². The second kappa shape index (κ2) is 10.1. The molecule has 1 heteroatoms. The van der Waals surface area contributed by atoms with E-state index in [9.17, 15) is 0 Å².